The van der Waals surface area contributed by atoms with Crippen LogP contribution in [0.3, 0.4) is 0 Å². The van der Waals surface area contributed by atoms with Gasteiger partial charge in [0.2, 0.25) is 0 Å². The summed E-state index contributed by atoms with van der Waals surface area (Å²) in [6.45, 7) is 2.14. The first-order chi connectivity index (χ1) is 12.7. The summed E-state index contributed by atoms with van der Waals surface area (Å²) in [6, 6.07) is 20.4. The Morgan fingerprint density at radius 3 is 2.46 bits per heavy atom. The maximum absolute atomic E-state index is 6.52. The second-order valence-corrected chi connectivity index (χ2v) is 6.56. The summed E-state index contributed by atoms with van der Waals surface area (Å²) in [5.74, 6) is 2.62. The van der Waals surface area contributed by atoms with Crippen molar-refractivity contribution in [2.24, 2.45) is 5.92 Å². The number of benzene rings is 3. The number of rotatable bonds is 4. The Balaban J connectivity index is 1.92. The third-order valence-corrected chi connectivity index (χ3v) is 5.00. The Labute approximate surface area is 153 Å². The molecule has 1 aliphatic rings. The van der Waals surface area contributed by atoms with Crippen LogP contribution in [0.25, 0.3) is 22.6 Å². The molecular formula is C23H22O3. The Morgan fingerprint density at radius 1 is 0.885 bits per heavy atom. The van der Waals surface area contributed by atoms with E-state index in [1.54, 1.807) is 14.2 Å². The van der Waals surface area contributed by atoms with Crippen molar-refractivity contribution in [2.75, 3.05) is 14.2 Å². The normalized spacial score (nSPS) is 19.0. The van der Waals surface area contributed by atoms with Crippen molar-refractivity contribution >= 4 is 22.6 Å². The van der Waals surface area contributed by atoms with E-state index in [1.807, 2.05) is 36.4 Å². The average molecular weight is 346 g/mol. The molecule has 0 spiro atoms. The molecule has 2 atom stereocenters. The van der Waals surface area contributed by atoms with Gasteiger partial charge in [-0.3, -0.25) is 0 Å². The minimum Gasteiger partial charge on any atom is -0.497 e. The van der Waals surface area contributed by atoms with Gasteiger partial charge in [0.05, 0.1) is 13.2 Å². The van der Waals surface area contributed by atoms with Gasteiger partial charge in [-0.15, -0.1) is 0 Å². The summed E-state index contributed by atoms with van der Waals surface area (Å²) in [4.78, 5) is 0. The van der Waals surface area contributed by atoms with Crippen molar-refractivity contribution < 1.29 is 14.2 Å². The Hall–Kier alpha value is -2.78. The highest BCUT2D eigenvalue weighted by atomic mass is 16.5. The maximum atomic E-state index is 6.52. The lowest BCUT2D eigenvalue weighted by atomic mass is 9.94. The number of fused-ring (bicyclic) bond motifs is 2. The summed E-state index contributed by atoms with van der Waals surface area (Å²) < 4.78 is 17.7. The first-order valence-electron chi connectivity index (χ1n) is 8.80. The second kappa shape index (κ2) is 6.85. The lowest BCUT2D eigenvalue weighted by molar-refractivity contribution is 0.118. The summed E-state index contributed by atoms with van der Waals surface area (Å²) in [6.07, 6.45) is 2.15. The van der Waals surface area contributed by atoms with Crippen LogP contribution in [0, 0.1) is 5.92 Å². The van der Waals surface area contributed by atoms with Crippen LogP contribution in [0.15, 0.2) is 60.7 Å². The Morgan fingerprint density at radius 2 is 1.65 bits per heavy atom. The molecule has 0 N–H and O–H groups in total. The number of hydrogen-bond acceptors (Lipinski definition) is 3. The van der Waals surface area contributed by atoms with E-state index in [4.69, 9.17) is 14.2 Å². The van der Waals surface area contributed by atoms with Gasteiger partial charge in [-0.05, 0) is 22.7 Å². The van der Waals surface area contributed by atoms with Gasteiger partial charge in [-0.25, -0.2) is 0 Å². The molecule has 3 aromatic carbocycles. The van der Waals surface area contributed by atoms with E-state index in [0.717, 1.165) is 38.5 Å². The van der Waals surface area contributed by atoms with Gasteiger partial charge in [-0.2, -0.15) is 0 Å². The van der Waals surface area contributed by atoms with Crippen LogP contribution in [0.2, 0.25) is 0 Å². The molecule has 26 heavy (non-hydrogen) atoms. The summed E-state index contributed by atoms with van der Waals surface area (Å²) in [5, 5.41) is 4.41. The lowest BCUT2D eigenvalue weighted by Crippen LogP contribution is -2.40. The first-order valence-corrected chi connectivity index (χ1v) is 8.80. The van der Waals surface area contributed by atoms with Crippen LogP contribution >= 0.6 is 0 Å². The molecule has 0 amide bonds. The molecule has 132 valence electrons. The van der Waals surface area contributed by atoms with Crippen LogP contribution < -0.4 is 19.9 Å². The molecule has 0 fully saturated rings. The third-order valence-electron chi connectivity index (χ3n) is 5.00. The van der Waals surface area contributed by atoms with Crippen molar-refractivity contribution in [3.63, 3.8) is 0 Å². The lowest BCUT2D eigenvalue weighted by Gasteiger charge is -2.26. The van der Waals surface area contributed by atoms with E-state index in [-0.39, 0.29) is 12.0 Å². The van der Waals surface area contributed by atoms with Crippen LogP contribution in [0.4, 0.5) is 0 Å². The number of hydrogen-bond donors (Lipinski definition) is 0. The molecule has 3 heteroatoms. The van der Waals surface area contributed by atoms with E-state index < -0.39 is 0 Å². The van der Waals surface area contributed by atoms with Crippen LogP contribution in [-0.4, -0.2) is 20.3 Å². The third kappa shape index (κ3) is 2.85. The van der Waals surface area contributed by atoms with E-state index in [2.05, 4.69) is 37.3 Å². The molecule has 2 unspecified atom stereocenters. The molecule has 3 nitrogen and oxygen atoms in total. The SMILES string of the molecule is COc1cc(OC2=c3ccccc3=CC(OC)C2C)c2ccccc2c1. The van der Waals surface area contributed by atoms with Crippen LogP contribution in [0.1, 0.15) is 6.92 Å². The maximum Gasteiger partial charge on any atom is 0.138 e. The quantitative estimate of drug-likeness (QED) is 0.724. The van der Waals surface area contributed by atoms with Gasteiger partial charge in [0, 0.05) is 29.7 Å². The van der Waals surface area contributed by atoms with Gasteiger partial charge >= 0.3 is 0 Å². The summed E-state index contributed by atoms with van der Waals surface area (Å²) in [5.41, 5.74) is 0. The molecule has 0 saturated carbocycles. The minimum atomic E-state index is -0.0169. The molecule has 0 radical (unpaired) electrons. The van der Waals surface area contributed by atoms with Gasteiger partial charge < -0.3 is 14.2 Å². The standard InChI is InChI=1S/C23H22O3/c1-15-21(25-3)13-17-9-5-7-11-20(17)23(15)26-22-14-18(24-2)12-16-8-4-6-10-19(16)22/h4-15,21H,1-3H3. The van der Waals surface area contributed by atoms with Crippen molar-refractivity contribution in [3.8, 4) is 11.5 Å². The number of methoxy groups -OCH3 is 2. The van der Waals surface area contributed by atoms with Gasteiger partial charge in [0.25, 0.3) is 0 Å². The summed E-state index contributed by atoms with van der Waals surface area (Å²) in [7, 11) is 3.42. The molecule has 0 aliphatic heterocycles. The van der Waals surface area contributed by atoms with Gasteiger partial charge in [0.15, 0.2) is 0 Å². The van der Waals surface area contributed by atoms with E-state index >= 15 is 0 Å². The molecule has 0 bridgehead atoms. The predicted octanol–water partition coefficient (Wildman–Crippen LogP) is 3.48. The monoisotopic (exact) mass is 346 g/mol. The molecular weight excluding hydrogens is 324 g/mol. The molecule has 4 rings (SSSR count). The topological polar surface area (TPSA) is 27.7 Å². The number of ether oxygens (including phenoxy) is 3. The second-order valence-electron chi connectivity index (χ2n) is 6.56. The summed E-state index contributed by atoms with van der Waals surface area (Å²) >= 11 is 0. The minimum absolute atomic E-state index is 0.0169. The van der Waals surface area contributed by atoms with Gasteiger partial charge in [0.1, 0.15) is 17.3 Å². The molecule has 3 aromatic rings. The zero-order valence-electron chi connectivity index (χ0n) is 15.2. The smallest absolute Gasteiger partial charge is 0.138 e. The largest absolute Gasteiger partial charge is 0.497 e. The van der Waals surface area contributed by atoms with Crippen molar-refractivity contribution in [3.05, 3.63) is 71.1 Å². The molecule has 0 aromatic heterocycles. The Bertz CT molecular complexity index is 1070. The molecule has 0 heterocycles. The zero-order valence-corrected chi connectivity index (χ0v) is 15.2. The van der Waals surface area contributed by atoms with E-state index in [1.165, 1.54) is 0 Å². The van der Waals surface area contributed by atoms with Crippen molar-refractivity contribution in [1.29, 1.82) is 0 Å². The van der Waals surface area contributed by atoms with Gasteiger partial charge in [-0.1, -0.05) is 55.5 Å². The van der Waals surface area contributed by atoms with Crippen molar-refractivity contribution in [1.82, 2.24) is 0 Å². The Kier molecular flexibility index (Phi) is 4.39. The fourth-order valence-electron chi connectivity index (χ4n) is 3.57. The van der Waals surface area contributed by atoms with E-state index in [9.17, 15) is 0 Å². The predicted molar refractivity (Wildman–Crippen MR) is 105 cm³/mol. The highest BCUT2D eigenvalue weighted by Gasteiger charge is 2.25. The molecule has 1 aliphatic carbocycles. The fourth-order valence-corrected chi connectivity index (χ4v) is 3.57. The first kappa shape index (κ1) is 16.7. The van der Waals surface area contributed by atoms with E-state index in [0.29, 0.717) is 0 Å². The average Bonchev–Trinajstić information content (AvgIpc) is 2.69. The van der Waals surface area contributed by atoms with Crippen LogP contribution in [-0.2, 0) is 4.74 Å². The highest BCUT2D eigenvalue weighted by Crippen LogP contribution is 2.34. The fraction of sp³-hybridized carbons (Fsp3) is 0.217. The van der Waals surface area contributed by atoms with Crippen molar-refractivity contribution in [2.45, 2.75) is 13.0 Å². The van der Waals surface area contributed by atoms with Crippen LogP contribution in [0.5, 0.6) is 11.5 Å². The highest BCUT2D eigenvalue weighted by molar-refractivity contribution is 5.90. The molecule has 0 saturated heterocycles. The zero-order chi connectivity index (χ0) is 18.1.